The standard InChI is InChI=1S/C19H20BrN5O2/c1-18(2)16(24-15(26)14-9-22-10-23-25-14)19(3,4)17(18)27-12-6-5-11(8-21)13(20)7-12/h5-7,9-10,16-17H,1-4H3,(H,24,26)/t16-,17-. The molecule has 0 bridgehead atoms. The Morgan fingerprint density at radius 1 is 1.30 bits per heavy atom. The van der Waals surface area contributed by atoms with Crippen molar-refractivity contribution >= 4 is 21.8 Å². The van der Waals surface area contributed by atoms with Crippen molar-refractivity contribution in [2.75, 3.05) is 0 Å². The Kier molecular flexibility index (Phi) is 4.91. The lowest BCUT2D eigenvalue weighted by molar-refractivity contribution is -0.164. The van der Waals surface area contributed by atoms with E-state index in [4.69, 9.17) is 10.00 Å². The van der Waals surface area contributed by atoms with E-state index < -0.39 is 0 Å². The summed E-state index contributed by atoms with van der Waals surface area (Å²) in [6.45, 7) is 8.23. The fourth-order valence-electron chi connectivity index (χ4n) is 4.15. The van der Waals surface area contributed by atoms with Gasteiger partial charge in [0.2, 0.25) is 0 Å². The van der Waals surface area contributed by atoms with Gasteiger partial charge in [0, 0.05) is 21.3 Å². The third kappa shape index (κ3) is 3.39. The van der Waals surface area contributed by atoms with Crippen molar-refractivity contribution in [3.8, 4) is 11.8 Å². The van der Waals surface area contributed by atoms with Crippen molar-refractivity contribution in [1.82, 2.24) is 20.5 Å². The highest BCUT2D eigenvalue weighted by Gasteiger charge is 2.64. The van der Waals surface area contributed by atoms with Crippen LogP contribution in [0.2, 0.25) is 0 Å². The summed E-state index contributed by atoms with van der Waals surface area (Å²) in [7, 11) is 0. The van der Waals surface area contributed by atoms with Gasteiger partial charge in [0.05, 0.1) is 11.8 Å². The molecule has 1 aliphatic rings. The van der Waals surface area contributed by atoms with E-state index in [1.807, 2.05) is 0 Å². The van der Waals surface area contributed by atoms with E-state index in [2.05, 4.69) is 70.2 Å². The quantitative estimate of drug-likeness (QED) is 0.800. The molecule has 0 atom stereocenters. The van der Waals surface area contributed by atoms with E-state index in [9.17, 15) is 4.79 Å². The Bertz CT molecular complexity index is 892. The molecule has 1 N–H and O–H groups in total. The van der Waals surface area contributed by atoms with Crippen LogP contribution in [0.5, 0.6) is 5.75 Å². The number of amides is 1. The van der Waals surface area contributed by atoms with Crippen molar-refractivity contribution in [1.29, 1.82) is 5.26 Å². The zero-order valence-corrected chi connectivity index (χ0v) is 17.1. The Morgan fingerprint density at radius 3 is 2.56 bits per heavy atom. The van der Waals surface area contributed by atoms with Crippen molar-refractivity contribution < 1.29 is 9.53 Å². The molecule has 1 amide bonds. The number of nitriles is 1. The second-order valence-electron chi connectivity index (χ2n) is 7.79. The topological polar surface area (TPSA) is 101 Å². The van der Waals surface area contributed by atoms with Gasteiger partial charge in [-0.2, -0.15) is 5.26 Å². The molecule has 8 heteroatoms. The predicted octanol–water partition coefficient (Wildman–Crippen LogP) is 3.12. The molecule has 0 unspecified atom stereocenters. The molecule has 2 aromatic rings. The van der Waals surface area contributed by atoms with Crippen molar-refractivity contribution in [3.05, 3.63) is 46.5 Å². The number of halogens is 1. The lowest BCUT2D eigenvalue weighted by Gasteiger charge is -2.63. The zero-order valence-electron chi connectivity index (χ0n) is 15.5. The van der Waals surface area contributed by atoms with Gasteiger partial charge in [0.25, 0.3) is 5.91 Å². The fourth-order valence-corrected chi connectivity index (χ4v) is 4.60. The Balaban J connectivity index is 1.77. The molecule has 140 valence electrons. The van der Waals surface area contributed by atoms with Gasteiger partial charge in [0.1, 0.15) is 24.3 Å². The summed E-state index contributed by atoms with van der Waals surface area (Å²) < 4.78 is 6.94. The van der Waals surface area contributed by atoms with Crippen LogP contribution < -0.4 is 10.1 Å². The SMILES string of the molecule is CC1(C)[C@H](NC(=O)c2cncnn2)C(C)(C)[C@H]1Oc1ccc(C#N)c(Br)c1. The zero-order chi connectivity index (χ0) is 19.8. The number of ether oxygens (including phenoxy) is 1. The average Bonchev–Trinajstić information content (AvgIpc) is 2.64. The van der Waals surface area contributed by atoms with Gasteiger partial charge >= 0.3 is 0 Å². The maximum Gasteiger partial charge on any atom is 0.273 e. The first-order chi connectivity index (χ1) is 12.7. The van der Waals surface area contributed by atoms with Crippen LogP contribution in [0.4, 0.5) is 0 Å². The lowest BCUT2D eigenvalue weighted by Crippen LogP contribution is -2.74. The number of rotatable bonds is 4. The third-order valence-electron chi connectivity index (χ3n) is 5.14. The van der Waals surface area contributed by atoms with Gasteiger partial charge in [0.15, 0.2) is 5.69 Å². The number of nitrogens with one attached hydrogen (secondary N) is 1. The minimum atomic E-state index is -0.310. The predicted molar refractivity (Wildman–Crippen MR) is 102 cm³/mol. The number of hydrogen-bond acceptors (Lipinski definition) is 6. The average molecular weight is 430 g/mol. The minimum absolute atomic E-state index is 0.119. The molecule has 1 heterocycles. The molecule has 0 spiro atoms. The number of hydrogen-bond donors (Lipinski definition) is 1. The number of nitrogens with zero attached hydrogens (tertiary/aromatic N) is 4. The molecular weight excluding hydrogens is 410 g/mol. The molecule has 0 aliphatic heterocycles. The van der Waals surface area contributed by atoms with Gasteiger partial charge in [-0.25, -0.2) is 4.98 Å². The molecule has 1 saturated carbocycles. The van der Waals surface area contributed by atoms with Crippen molar-refractivity contribution in [2.24, 2.45) is 10.8 Å². The van der Waals surface area contributed by atoms with Crippen LogP contribution in [0, 0.1) is 22.2 Å². The summed E-state index contributed by atoms with van der Waals surface area (Å²) >= 11 is 3.39. The van der Waals surface area contributed by atoms with E-state index >= 15 is 0 Å². The second kappa shape index (κ2) is 6.89. The highest BCUT2D eigenvalue weighted by atomic mass is 79.9. The van der Waals surface area contributed by atoms with Crippen LogP contribution in [0.15, 0.2) is 35.2 Å². The van der Waals surface area contributed by atoms with Gasteiger partial charge in [-0.05, 0) is 34.1 Å². The molecule has 1 aliphatic carbocycles. The highest BCUT2D eigenvalue weighted by Crippen LogP contribution is 2.55. The van der Waals surface area contributed by atoms with E-state index in [0.717, 1.165) is 0 Å². The summed E-state index contributed by atoms with van der Waals surface area (Å²) in [5.41, 5.74) is 0.117. The lowest BCUT2D eigenvalue weighted by atomic mass is 9.49. The van der Waals surface area contributed by atoms with E-state index in [-0.39, 0.29) is 34.6 Å². The molecule has 3 rings (SSSR count). The Labute approximate surface area is 166 Å². The van der Waals surface area contributed by atoms with Gasteiger partial charge < -0.3 is 10.1 Å². The second-order valence-corrected chi connectivity index (χ2v) is 8.65. The number of carbonyl (C=O) groups excluding carboxylic acids is 1. The molecule has 1 aromatic heterocycles. The molecule has 1 fully saturated rings. The maximum absolute atomic E-state index is 12.5. The summed E-state index contributed by atoms with van der Waals surface area (Å²) in [5, 5.41) is 19.6. The first-order valence-electron chi connectivity index (χ1n) is 8.47. The van der Waals surface area contributed by atoms with E-state index in [1.165, 1.54) is 12.5 Å². The largest absolute Gasteiger partial charge is 0.489 e. The monoisotopic (exact) mass is 429 g/mol. The van der Waals surface area contributed by atoms with Crippen LogP contribution in [0.3, 0.4) is 0 Å². The molecule has 1 aromatic carbocycles. The Hall–Kier alpha value is -2.53. The molecule has 27 heavy (non-hydrogen) atoms. The van der Waals surface area contributed by atoms with Crippen LogP contribution in [-0.4, -0.2) is 33.2 Å². The first-order valence-corrected chi connectivity index (χ1v) is 9.27. The van der Waals surface area contributed by atoms with Crippen molar-refractivity contribution in [3.63, 3.8) is 0 Å². The minimum Gasteiger partial charge on any atom is -0.489 e. The first kappa shape index (κ1) is 19.2. The van der Waals surface area contributed by atoms with Crippen LogP contribution in [-0.2, 0) is 0 Å². The third-order valence-corrected chi connectivity index (χ3v) is 5.80. The number of carbonyl (C=O) groups is 1. The molecule has 7 nitrogen and oxygen atoms in total. The summed E-state index contributed by atoms with van der Waals surface area (Å²) in [5.74, 6) is 0.372. The smallest absolute Gasteiger partial charge is 0.273 e. The van der Waals surface area contributed by atoms with Gasteiger partial charge in [-0.3, -0.25) is 4.79 Å². The molecule has 0 saturated heterocycles. The summed E-state index contributed by atoms with van der Waals surface area (Å²) in [6.07, 6.45) is 2.55. The van der Waals surface area contributed by atoms with E-state index in [0.29, 0.717) is 15.8 Å². The van der Waals surface area contributed by atoms with Crippen LogP contribution in [0.1, 0.15) is 43.7 Å². The maximum atomic E-state index is 12.5. The van der Waals surface area contributed by atoms with Crippen molar-refractivity contribution in [2.45, 2.75) is 39.8 Å². The Morgan fingerprint density at radius 2 is 2.00 bits per heavy atom. The fraction of sp³-hybridized carbons (Fsp3) is 0.421. The van der Waals surface area contributed by atoms with E-state index in [1.54, 1.807) is 18.2 Å². The summed E-state index contributed by atoms with van der Waals surface area (Å²) in [6, 6.07) is 7.29. The number of benzene rings is 1. The molecule has 0 radical (unpaired) electrons. The highest BCUT2D eigenvalue weighted by molar-refractivity contribution is 9.10. The number of aromatic nitrogens is 3. The van der Waals surface area contributed by atoms with Crippen LogP contribution in [0.25, 0.3) is 0 Å². The normalized spacial score (nSPS) is 22.2. The van der Waals surface area contributed by atoms with Gasteiger partial charge in [-0.15, -0.1) is 10.2 Å². The summed E-state index contributed by atoms with van der Waals surface area (Å²) in [4.78, 5) is 16.3. The molecular formula is C19H20BrN5O2. The van der Waals surface area contributed by atoms with Gasteiger partial charge in [-0.1, -0.05) is 27.7 Å². The van der Waals surface area contributed by atoms with Crippen LogP contribution >= 0.6 is 15.9 Å².